The summed E-state index contributed by atoms with van der Waals surface area (Å²) in [6.07, 6.45) is 3.28. The van der Waals surface area contributed by atoms with E-state index in [1.807, 2.05) is 6.07 Å². The smallest absolute Gasteiger partial charge is 0.274 e. The first-order chi connectivity index (χ1) is 12.5. The fraction of sp³-hybridized carbons (Fsp3) is 0.118. The number of ether oxygens (including phenoxy) is 2. The molecule has 0 unspecified atom stereocenters. The van der Waals surface area contributed by atoms with Gasteiger partial charge < -0.3 is 9.47 Å². The predicted octanol–water partition coefficient (Wildman–Crippen LogP) is 3.92. The molecule has 0 saturated heterocycles. The second-order valence-corrected chi connectivity index (χ2v) is 9.27. The predicted molar refractivity (Wildman–Crippen MR) is 99.5 cm³/mol. The lowest BCUT2D eigenvalue weighted by molar-refractivity contribution is 0.174. The molecular weight excluding hydrogens is 396 g/mol. The van der Waals surface area contributed by atoms with Gasteiger partial charge in [0.05, 0.1) is 16.6 Å². The number of thiophene rings is 1. The molecule has 9 heteroatoms. The molecule has 6 nitrogen and oxygen atoms in total. The van der Waals surface area contributed by atoms with E-state index < -0.39 is 10.0 Å². The van der Waals surface area contributed by atoms with E-state index in [2.05, 4.69) is 4.98 Å². The molecule has 1 aliphatic rings. The van der Waals surface area contributed by atoms with Gasteiger partial charge in [-0.3, -0.25) is 9.29 Å². The van der Waals surface area contributed by atoms with Gasteiger partial charge in [0.2, 0.25) is 6.79 Å². The van der Waals surface area contributed by atoms with Gasteiger partial charge in [0, 0.05) is 18.5 Å². The molecule has 2 aromatic heterocycles. The number of pyridine rings is 1. The highest BCUT2D eigenvalue weighted by Gasteiger charge is 2.28. The third-order valence-corrected chi connectivity index (χ3v) is 7.26. The van der Waals surface area contributed by atoms with E-state index in [0.717, 1.165) is 16.9 Å². The van der Waals surface area contributed by atoms with Crippen molar-refractivity contribution in [3.05, 3.63) is 64.8 Å². The Morgan fingerprint density at radius 1 is 1.15 bits per heavy atom. The van der Waals surface area contributed by atoms with Gasteiger partial charge in [-0.15, -0.1) is 11.3 Å². The Labute approximate surface area is 159 Å². The largest absolute Gasteiger partial charge is 0.454 e. The van der Waals surface area contributed by atoms with Gasteiger partial charge in [0.25, 0.3) is 10.0 Å². The van der Waals surface area contributed by atoms with Crippen LogP contribution in [0.2, 0.25) is 4.34 Å². The highest BCUT2D eigenvalue weighted by molar-refractivity contribution is 7.94. The van der Waals surface area contributed by atoms with E-state index in [1.54, 1.807) is 42.7 Å². The molecule has 0 bridgehead atoms. The second kappa shape index (κ2) is 6.79. The van der Waals surface area contributed by atoms with Crippen LogP contribution >= 0.6 is 22.9 Å². The van der Waals surface area contributed by atoms with Crippen molar-refractivity contribution in [2.75, 3.05) is 11.1 Å². The van der Waals surface area contributed by atoms with Crippen LogP contribution < -0.4 is 13.8 Å². The number of anilines is 1. The molecular formula is C17H13ClN2O4S2. The van der Waals surface area contributed by atoms with Crippen molar-refractivity contribution in [3.8, 4) is 11.5 Å². The van der Waals surface area contributed by atoms with Gasteiger partial charge in [-0.1, -0.05) is 17.7 Å². The SMILES string of the molecule is O=S(=O)(c1ccc(Cl)s1)N(Cc1cccnc1)c1ccc2c(c1)OCO2. The number of rotatable bonds is 5. The van der Waals surface area contributed by atoms with Crippen molar-refractivity contribution < 1.29 is 17.9 Å². The Hall–Kier alpha value is -2.29. The maximum atomic E-state index is 13.2. The van der Waals surface area contributed by atoms with Crippen molar-refractivity contribution in [2.45, 2.75) is 10.8 Å². The molecule has 0 radical (unpaired) electrons. The van der Waals surface area contributed by atoms with Gasteiger partial charge in [-0.25, -0.2) is 8.42 Å². The third-order valence-electron chi connectivity index (χ3n) is 3.79. The number of sulfonamides is 1. The Morgan fingerprint density at radius 3 is 2.73 bits per heavy atom. The minimum absolute atomic E-state index is 0.120. The topological polar surface area (TPSA) is 68.7 Å². The van der Waals surface area contributed by atoms with Crippen molar-refractivity contribution in [2.24, 2.45) is 0 Å². The van der Waals surface area contributed by atoms with Crippen LogP contribution in [0.1, 0.15) is 5.56 Å². The number of halogens is 1. The molecule has 3 aromatic rings. The monoisotopic (exact) mass is 408 g/mol. The van der Waals surface area contributed by atoms with Crippen LogP contribution in [-0.2, 0) is 16.6 Å². The molecule has 0 fully saturated rings. The maximum Gasteiger partial charge on any atom is 0.274 e. The van der Waals surface area contributed by atoms with Crippen LogP contribution in [0.3, 0.4) is 0 Å². The van der Waals surface area contributed by atoms with Crippen LogP contribution in [0.5, 0.6) is 11.5 Å². The first-order valence-electron chi connectivity index (χ1n) is 7.61. The molecule has 134 valence electrons. The lowest BCUT2D eigenvalue weighted by Crippen LogP contribution is -2.30. The molecule has 1 aliphatic heterocycles. The minimum atomic E-state index is -3.81. The zero-order chi connectivity index (χ0) is 18.1. The van der Waals surface area contributed by atoms with E-state index in [0.29, 0.717) is 21.5 Å². The normalized spacial score (nSPS) is 13.0. The van der Waals surface area contributed by atoms with Gasteiger partial charge in [0.15, 0.2) is 11.5 Å². The Kier molecular flexibility index (Phi) is 4.47. The Balaban J connectivity index is 1.79. The number of benzene rings is 1. The maximum absolute atomic E-state index is 13.2. The standard InChI is InChI=1S/C17H13ClN2O4S2/c18-16-5-6-17(25-16)26(21,22)20(10-12-2-1-7-19-9-12)13-3-4-14-15(8-13)24-11-23-14/h1-9H,10-11H2. The number of nitrogens with zero attached hydrogens (tertiary/aromatic N) is 2. The highest BCUT2D eigenvalue weighted by atomic mass is 35.5. The van der Waals surface area contributed by atoms with Crippen LogP contribution in [0.15, 0.2) is 59.1 Å². The molecule has 0 N–H and O–H groups in total. The summed E-state index contributed by atoms with van der Waals surface area (Å²) in [5.41, 5.74) is 1.24. The quantitative estimate of drug-likeness (QED) is 0.640. The zero-order valence-electron chi connectivity index (χ0n) is 13.3. The van der Waals surface area contributed by atoms with Crippen LogP contribution in [0.4, 0.5) is 5.69 Å². The summed E-state index contributed by atoms with van der Waals surface area (Å²) < 4.78 is 39.1. The number of hydrogen-bond acceptors (Lipinski definition) is 6. The van der Waals surface area contributed by atoms with Crippen molar-refractivity contribution in [1.82, 2.24) is 4.98 Å². The highest BCUT2D eigenvalue weighted by Crippen LogP contribution is 2.38. The molecule has 0 amide bonds. The molecule has 3 heterocycles. The lowest BCUT2D eigenvalue weighted by Gasteiger charge is -2.24. The third kappa shape index (κ3) is 3.23. The van der Waals surface area contributed by atoms with Crippen LogP contribution in [0, 0.1) is 0 Å². The first kappa shape index (κ1) is 17.1. The lowest BCUT2D eigenvalue weighted by atomic mass is 10.2. The summed E-state index contributed by atoms with van der Waals surface area (Å²) in [5.74, 6) is 1.10. The van der Waals surface area contributed by atoms with E-state index in [1.165, 1.54) is 10.4 Å². The van der Waals surface area contributed by atoms with Gasteiger partial charge in [-0.05, 0) is 35.9 Å². The molecule has 0 aliphatic carbocycles. The van der Waals surface area contributed by atoms with E-state index in [4.69, 9.17) is 21.1 Å². The summed E-state index contributed by atoms with van der Waals surface area (Å²) in [5, 5.41) is 0. The van der Waals surface area contributed by atoms with Crippen molar-refractivity contribution in [3.63, 3.8) is 0 Å². The summed E-state index contributed by atoms with van der Waals surface area (Å²) >= 11 is 6.96. The fourth-order valence-corrected chi connectivity index (χ4v) is 5.60. The van der Waals surface area contributed by atoms with E-state index in [-0.39, 0.29) is 17.5 Å². The Morgan fingerprint density at radius 2 is 2.00 bits per heavy atom. The summed E-state index contributed by atoms with van der Waals surface area (Å²) in [7, 11) is -3.81. The van der Waals surface area contributed by atoms with Crippen molar-refractivity contribution in [1.29, 1.82) is 0 Å². The average Bonchev–Trinajstić information content (AvgIpc) is 3.28. The number of fused-ring (bicyclic) bond motifs is 1. The molecule has 26 heavy (non-hydrogen) atoms. The average molecular weight is 409 g/mol. The zero-order valence-corrected chi connectivity index (χ0v) is 15.7. The first-order valence-corrected chi connectivity index (χ1v) is 10.2. The van der Waals surface area contributed by atoms with E-state index >= 15 is 0 Å². The number of hydrogen-bond donors (Lipinski definition) is 0. The van der Waals surface area contributed by atoms with Gasteiger partial charge in [-0.2, -0.15) is 0 Å². The summed E-state index contributed by atoms with van der Waals surface area (Å²) in [6, 6.07) is 11.7. The fourth-order valence-electron chi connectivity index (χ4n) is 2.56. The van der Waals surface area contributed by atoms with E-state index in [9.17, 15) is 8.42 Å². The van der Waals surface area contributed by atoms with Gasteiger partial charge in [0.1, 0.15) is 4.21 Å². The molecule has 0 spiro atoms. The van der Waals surface area contributed by atoms with Crippen LogP contribution in [0.25, 0.3) is 0 Å². The summed E-state index contributed by atoms with van der Waals surface area (Å²) in [4.78, 5) is 4.06. The Bertz CT molecular complexity index is 1040. The number of aromatic nitrogens is 1. The molecule has 0 atom stereocenters. The molecule has 0 saturated carbocycles. The second-order valence-electron chi connectivity index (χ2n) is 5.47. The summed E-state index contributed by atoms with van der Waals surface area (Å²) in [6.45, 7) is 0.250. The van der Waals surface area contributed by atoms with Crippen LogP contribution in [-0.4, -0.2) is 20.2 Å². The van der Waals surface area contributed by atoms with Crippen molar-refractivity contribution >= 4 is 38.6 Å². The molecule has 4 rings (SSSR count). The van der Waals surface area contributed by atoms with Gasteiger partial charge >= 0.3 is 0 Å². The minimum Gasteiger partial charge on any atom is -0.454 e. The molecule has 1 aromatic carbocycles.